The van der Waals surface area contributed by atoms with Gasteiger partial charge in [-0.05, 0) is 34.1 Å². The van der Waals surface area contributed by atoms with Crippen molar-refractivity contribution in [1.29, 1.82) is 0 Å². The van der Waals surface area contributed by atoms with Crippen LogP contribution in [0.3, 0.4) is 0 Å². The van der Waals surface area contributed by atoms with Crippen LogP contribution < -0.4 is 5.73 Å². The Bertz CT molecular complexity index is 733. The Kier molecular flexibility index (Phi) is 3.20. The van der Waals surface area contributed by atoms with Crippen molar-refractivity contribution in [2.75, 3.05) is 5.73 Å². The first-order valence-electron chi connectivity index (χ1n) is 5.51. The smallest absolute Gasteiger partial charge is 0.169 e. The summed E-state index contributed by atoms with van der Waals surface area (Å²) >= 11 is 6.82. The van der Waals surface area contributed by atoms with Gasteiger partial charge in [0, 0.05) is 10.0 Å². The molecule has 96 valence electrons. The fourth-order valence-electron chi connectivity index (χ4n) is 1.92. The van der Waals surface area contributed by atoms with Crippen molar-refractivity contribution >= 4 is 37.7 Å². The second-order valence-corrected chi connectivity index (χ2v) is 5.58. The summed E-state index contributed by atoms with van der Waals surface area (Å²) in [6.07, 6.45) is 0. The first kappa shape index (κ1) is 12.5. The molecule has 0 unspecified atom stereocenters. The fourth-order valence-corrected chi connectivity index (χ4v) is 2.71. The molecule has 0 amide bonds. The molecule has 6 heteroatoms. The number of nitrogens with two attached hydrogens (primary N) is 1. The maximum absolute atomic E-state index is 5.97. The zero-order valence-corrected chi connectivity index (χ0v) is 12.8. The zero-order valence-electron chi connectivity index (χ0n) is 9.65. The Morgan fingerprint density at radius 1 is 1.11 bits per heavy atom. The highest BCUT2D eigenvalue weighted by molar-refractivity contribution is 9.10. The molecule has 4 nitrogen and oxygen atoms in total. The zero-order chi connectivity index (χ0) is 13.4. The summed E-state index contributed by atoms with van der Waals surface area (Å²) in [6, 6.07) is 11.5. The molecule has 0 aliphatic carbocycles. The summed E-state index contributed by atoms with van der Waals surface area (Å²) in [7, 11) is 0. The highest BCUT2D eigenvalue weighted by Gasteiger charge is 2.18. The Morgan fingerprint density at radius 3 is 2.58 bits per heavy atom. The van der Waals surface area contributed by atoms with E-state index in [-0.39, 0.29) is 0 Å². The molecule has 0 aliphatic heterocycles. The number of hydrogen-bond donors (Lipinski definition) is 2. The molecule has 0 saturated carbocycles. The van der Waals surface area contributed by atoms with Crippen molar-refractivity contribution in [1.82, 2.24) is 10.2 Å². The van der Waals surface area contributed by atoms with Gasteiger partial charge < -0.3 is 10.2 Å². The van der Waals surface area contributed by atoms with Crippen molar-refractivity contribution in [3.05, 3.63) is 45.5 Å². The van der Waals surface area contributed by atoms with Gasteiger partial charge in [0.1, 0.15) is 5.69 Å². The third-order valence-electron chi connectivity index (χ3n) is 2.76. The summed E-state index contributed by atoms with van der Waals surface area (Å²) in [5, 5.41) is 7.00. The van der Waals surface area contributed by atoms with Crippen LogP contribution in [-0.2, 0) is 0 Å². The van der Waals surface area contributed by atoms with Crippen LogP contribution in [0.1, 0.15) is 0 Å². The second-order valence-electron chi connectivity index (χ2n) is 3.94. The van der Waals surface area contributed by atoms with Gasteiger partial charge in [0.05, 0.1) is 5.56 Å². The average Bonchev–Trinajstić information content (AvgIpc) is 2.96. The lowest BCUT2D eigenvalue weighted by atomic mass is 10.0. The lowest BCUT2D eigenvalue weighted by Crippen LogP contribution is -1.89. The summed E-state index contributed by atoms with van der Waals surface area (Å²) < 4.78 is 7.17. The number of nitrogens with zero attached hydrogens (tertiary/aromatic N) is 1. The Labute approximate surface area is 126 Å². The van der Waals surface area contributed by atoms with Gasteiger partial charge in [0.15, 0.2) is 16.2 Å². The molecule has 0 bridgehead atoms. The number of hydrogen-bond acceptors (Lipinski definition) is 3. The number of nitrogen functional groups attached to an aromatic ring is 1. The monoisotopic (exact) mass is 381 g/mol. The summed E-state index contributed by atoms with van der Waals surface area (Å²) in [5.74, 6) is 1.12. The molecule has 1 aromatic carbocycles. The van der Waals surface area contributed by atoms with Gasteiger partial charge in [-0.25, -0.2) is 0 Å². The average molecular weight is 383 g/mol. The molecular formula is C13H9Br2N3O. The number of aromatic nitrogens is 2. The quantitative estimate of drug-likeness (QED) is 0.688. The standard InChI is InChI=1S/C13H9Br2N3O/c14-8-4-2-1-3-7(8)11-12(17-18-13(11)16)9-5-6-10(15)19-9/h1-6H,(H3,16,17,18). The van der Waals surface area contributed by atoms with Crippen LogP contribution in [0, 0.1) is 0 Å². The summed E-state index contributed by atoms with van der Waals surface area (Å²) in [5.41, 5.74) is 8.53. The second kappa shape index (κ2) is 4.86. The Morgan fingerprint density at radius 2 is 1.89 bits per heavy atom. The minimum atomic E-state index is 0.439. The Balaban J connectivity index is 2.22. The maximum Gasteiger partial charge on any atom is 0.169 e. The van der Waals surface area contributed by atoms with Gasteiger partial charge in [-0.15, -0.1) is 0 Å². The van der Waals surface area contributed by atoms with E-state index < -0.39 is 0 Å². The van der Waals surface area contributed by atoms with Crippen molar-refractivity contribution in [3.8, 4) is 22.6 Å². The molecule has 2 aromatic heterocycles. The van der Waals surface area contributed by atoms with Gasteiger partial charge in [0.25, 0.3) is 0 Å². The van der Waals surface area contributed by atoms with Crippen LogP contribution in [0.2, 0.25) is 0 Å². The predicted molar refractivity (Wildman–Crippen MR) is 81.5 cm³/mol. The fraction of sp³-hybridized carbons (Fsp3) is 0. The van der Waals surface area contributed by atoms with E-state index in [4.69, 9.17) is 10.2 Å². The van der Waals surface area contributed by atoms with Crippen LogP contribution in [0.15, 0.2) is 50.0 Å². The van der Waals surface area contributed by atoms with Gasteiger partial charge in [-0.2, -0.15) is 5.10 Å². The van der Waals surface area contributed by atoms with Crippen molar-refractivity contribution < 1.29 is 4.42 Å². The highest BCUT2D eigenvalue weighted by Crippen LogP contribution is 2.39. The number of nitrogens with one attached hydrogen (secondary N) is 1. The van der Waals surface area contributed by atoms with E-state index >= 15 is 0 Å². The number of aromatic amines is 1. The molecule has 3 rings (SSSR count). The van der Waals surface area contributed by atoms with Crippen LogP contribution in [0.5, 0.6) is 0 Å². The molecule has 3 N–H and O–H groups in total. The minimum absolute atomic E-state index is 0.439. The molecule has 2 heterocycles. The van der Waals surface area contributed by atoms with E-state index in [1.165, 1.54) is 0 Å². The van der Waals surface area contributed by atoms with Gasteiger partial charge in [0.2, 0.25) is 0 Å². The van der Waals surface area contributed by atoms with E-state index in [9.17, 15) is 0 Å². The largest absolute Gasteiger partial charge is 0.448 e. The molecule has 0 spiro atoms. The van der Waals surface area contributed by atoms with Crippen molar-refractivity contribution in [2.24, 2.45) is 0 Å². The summed E-state index contributed by atoms with van der Waals surface area (Å²) in [4.78, 5) is 0. The molecule has 0 fully saturated rings. The highest BCUT2D eigenvalue weighted by atomic mass is 79.9. The Hall–Kier alpha value is -1.53. The normalized spacial score (nSPS) is 10.8. The van der Waals surface area contributed by atoms with E-state index in [1.807, 2.05) is 36.4 Å². The SMILES string of the molecule is Nc1n[nH]c(-c2ccc(Br)o2)c1-c1ccccc1Br. The molecule has 0 aliphatic rings. The first-order chi connectivity index (χ1) is 9.16. The number of furan rings is 1. The van der Waals surface area contributed by atoms with Crippen LogP contribution in [0.25, 0.3) is 22.6 Å². The molecular weight excluding hydrogens is 374 g/mol. The third kappa shape index (κ3) is 2.21. The maximum atomic E-state index is 5.97. The topological polar surface area (TPSA) is 67.8 Å². The van der Waals surface area contributed by atoms with Gasteiger partial charge in [-0.1, -0.05) is 34.1 Å². The molecule has 3 aromatic rings. The van der Waals surface area contributed by atoms with Crippen molar-refractivity contribution in [2.45, 2.75) is 0 Å². The van der Waals surface area contributed by atoms with Crippen LogP contribution in [-0.4, -0.2) is 10.2 Å². The number of H-pyrrole nitrogens is 1. The van der Waals surface area contributed by atoms with Gasteiger partial charge >= 0.3 is 0 Å². The van der Waals surface area contributed by atoms with Crippen LogP contribution in [0.4, 0.5) is 5.82 Å². The van der Waals surface area contributed by atoms with Gasteiger partial charge in [-0.3, -0.25) is 5.10 Å². The number of anilines is 1. The minimum Gasteiger partial charge on any atom is -0.448 e. The van der Waals surface area contributed by atoms with Crippen molar-refractivity contribution in [3.63, 3.8) is 0 Å². The molecule has 19 heavy (non-hydrogen) atoms. The van der Waals surface area contributed by atoms with E-state index in [2.05, 4.69) is 42.1 Å². The number of benzene rings is 1. The van der Waals surface area contributed by atoms with E-state index in [0.29, 0.717) is 16.2 Å². The molecule has 0 atom stereocenters. The van der Waals surface area contributed by atoms with Crippen LogP contribution >= 0.6 is 31.9 Å². The predicted octanol–water partition coefficient (Wildman–Crippen LogP) is 4.44. The first-order valence-corrected chi connectivity index (χ1v) is 7.10. The van der Waals surface area contributed by atoms with E-state index in [1.54, 1.807) is 0 Å². The summed E-state index contributed by atoms with van der Waals surface area (Å²) in [6.45, 7) is 0. The molecule has 0 radical (unpaired) electrons. The lowest BCUT2D eigenvalue weighted by molar-refractivity contribution is 0.553. The number of rotatable bonds is 2. The van der Waals surface area contributed by atoms with E-state index in [0.717, 1.165) is 21.3 Å². The molecule has 0 saturated heterocycles. The third-order valence-corrected chi connectivity index (χ3v) is 3.87. The lowest BCUT2D eigenvalue weighted by Gasteiger charge is -2.05. The number of halogens is 2.